The van der Waals surface area contributed by atoms with Gasteiger partial charge in [0.1, 0.15) is 5.82 Å². The van der Waals surface area contributed by atoms with Gasteiger partial charge >= 0.3 is 0 Å². The van der Waals surface area contributed by atoms with Crippen LogP contribution < -0.4 is 10.2 Å². The molecule has 0 bridgehead atoms. The van der Waals surface area contributed by atoms with E-state index in [4.69, 9.17) is 0 Å². The molecule has 0 saturated heterocycles. The summed E-state index contributed by atoms with van der Waals surface area (Å²) in [5.41, 5.74) is 3.53. The fourth-order valence-corrected chi connectivity index (χ4v) is 2.32. The summed E-state index contributed by atoms with van der Waals surface area (Å²) in [6.07, 6.45) is 0. The summed E-state index contributed by atoms with van der Waals surface area (Å²) in [5, 5.41) is 3.34. The molecule has 2 aromatic rings. The minimum Gasteiger partial charge on any atom is -0.357 e. The van der Waals surface area contributed by atoms with E-state index in [1.807, 2.05) is 13.0 Å². The molecule has 0 radical (unpaired) electrons. The first-order valence-corrected chi connectivity index (χ1v) is 7.53. The van der Waals surface area contributed by atoms with Crippen molar-refractivity contribution in [2.75, 3.05) is 23.3 Å². The maximum atomic E-state index is 4.62. The Hall–Kier alpha value is -2.10. The molecule has 0 spiro atoms. The van der Waals surface area contributed by atoms with Crippen LogP contribution in [0.3, 0.4) is 0 Å². The lowest BCUT2D eigenvalue weighted by Crippen LogP contribution is -2.23. The summed E-state index contributed by atoms with van der Waals surface area (Å²) in [7, 11) is 0. The van der Waals surface area contributed by atoms with Gasteiger partial charge in [0.05, 0.1) is 0 Å². The van der Waals surface area contributed by atoms with Crippen molar-refractivity contribution < 1.29 is 0 Å². The van der Waals surface area contributed by atoms with Gasteiger partial charge in [0.15, 0.2) is 0 Å². The number of nitrogens with one attached hydrogen (secondary N) is 1. The SMILES string of the molecule is CCN(CC)c1cc(C)nc(NCc2ccccc2C)n1. The Bertz CT molecular complexity index is 591. The third-order valence-electron chi connectivity index (χ3n) is 3.63. The van der Waals surface area contributed by atoms with Gasteiger partial charge in [-0.15, -0.1) is 0 Å². The normalized spacial score (nSPS) is 10.5. The number of rotatable bonds is 6. The molecule has 4 nitrogen and oxygen atoms in total. The molecule has 21 heavy (non-hydrogen) atoms. The van der Waals surface area contributed by atoms with E-state index in [0.717, 1.165) is 31.1 Å². The van der Waals surface area contributed by atoms with Crippen LogP contribution in [0, 0.1) is 13.8 Å². The Morgan fingerprint density at radius 1 is 1.05 bits per heavy atom. The second kappa shape index (κ2) is 7.07. The molecule has 0 amide bonds. The molecule has 0 aliphatic heterocycles. The number of hydrogen-bond acceptors (Lipinski definition) is 4. The van der Waals surface area contributed by atoms with Gasteiger partial charge in [-0.2, -0.15) is 4.98 Å². The average molecular weight is 284 g/mol. The number of anilines is 2. The molecule has 1 N–H and O–H groups in total. The first kappa shape index (κ1) is 15.3. The molecule has 0 atom stereocenters. The first-order valence-electron chi connectivity index (χ1n) is 7.53. The molecule has 1 heterocycles. The lowest BCUT2D eigenvalue weighted by Gasteiger charge is -2.20. The minimum absolute atomic E-state index is 0.695. The lowest BCUT2D eigenvalue weighted by molar-refractivity contribution is 0.838. The summed E-state index contributed by atoms with van der Waals surface area (Å²) in [6, 6.07) is 10.4. The fraction of sp³-hybridized carbons (Fsp3) is 0.412. The third-order valence-corrected chi connectivity index (χ3v) is 3.63. The Labute approximate surface area is 127 Å². The molecule has 0 saturated carbocycles. The van der Waals surface area contributed by atoms with Crippen molar-refractivity contribution in [1.29, 1.82) is 0 Å². The Morgan fingerprint density at radius 3 is 2.43 bits per heavy atom. The van der Waals surface area contributed by atoms with Crippen LogP contribution in [0.1, 0.15) is 30.7 Å². The highest BCUT2D eigenvalue weighted by Gasteiger charge is 2.07. The zero-order valence-corrected chi connectivity index (χ0v) is 13.3. The Balaban J connectivity index is 2.15. The molecular formula is C17H24N4. The maximum absolute atomic E-state index is 4.62. The van der Waals surface area contributed by atoms with Crippen LogP contribution in [0.4, 0.5) is 11.8 Å². The van der Waals surface area contributed by atoms with E-state index in [-0.39, 0.29) is 0 Å². The number of benzene rings is 1. The zero-order chi connectivity index (χ0) is 15.2. The van der Waals surface area contributed by atoms with Crippen LogP contribution in [0.25, 0.3) is 0 Å². The number of hydrogen-bond donors (Lipinski definition) is 1. The van der Waals surface area contributed by atoms with Crippen molar-refractivity contribution in [2.45, 2.75) is 34.2 Å². The summed E-state index contributed by atoms with van der Waals surface area (Å²) in [4.78, 5) is 11.3. The smallest absolute Gasteiger partial charge is 0.225 e. The number of aromatic nitrogens is 2. The van der Waals surface area contributed by atoms with Crippen molar-refractivity contribution in [3.63, 3.8) is 0 Å². The topological polar surface area (TPSA) is 41.1 Å². The Morgan fingerprint density at radius 2 is 1.76 bits per heavy atom. The van der Waals surface area contributed by atoms with Gasteiger partial charge in [-0.3, -0.25) is 0 Å². The lowest BCUT2D eigenvalue weighted by atomic mass is 10.1. The first-order chi connectivity index (χ1) is 10.1. The van der Waals surface area contributed by atoms with Crippen LogP contribution in [-0.2, 0) is 6.54 Å². The second-order valence-corrected chi connectivity index (χ2v) is 5.14. The van der Waals surface area contributed by atoms with Gasteiger partial charge in [-0.25, -0.2) is 4.98 Å². The molecule has 0 fully saturated rings. The van der Waals surface area contributed by atoms with Gasteiger partial charge in [0.25, 0.3) is 0 Å². The van der Waals surface area contributed by atoms with Crippen molar-refractivity contribution in [2.24, 2.45) is 0 Å². The van der Waals surface area contributed by atoms with E-state index in [1.165, 1.54) is 11.1 Å². The van der Waals surface area contributed by atoms with E-state index in [0.29, 0.717) is 5.95 Å². The predicted octanol–water partition coefficient (Wildman–Crippen LogP) is 3.55. The highest BCUT2D eigenvalue weighted by atomic mass is 15.2. The third kappa shape index (κ3) is 3.94. The fourth-order valence-electron chi connectivity index (χ4n) is 2.32. The molecule has 112 valence electrons. The molecule has 4 heteroatoms. The van der Waals surface area contributed by atoms with Gasteiger partial charge in [0.2, 0.25) is 5.95 Å². The molecule has 0 aliphatic carbocycles. The number of aryl methyl sites for hydroxylation is 2. The van der Waals surface area contributed by atoms with Gasteiger partial charge < -0.3 is 10.2 Å². The molecular weight excluding hydrogens is 260 g/mol. The number of nitrogens with zero attached hydrogens (tertiary/aromatic N) is 3. The van der Waals surface area contributed by atoms with E-state index >= 15 is 0 Å². The van der Waals surface area contributed by atoms with Crippen LogP contribution in [0.5, 0.6) is 0 Å². The van der Waals surface area contributed by atoms with E-state index in [9.17, 15) is 0 Å². The van der Waals surface area contributed by atoms with Crippen LogP contribution in [0.15, 0.2) is 30.3 Å². The van der Waals surface area contributed by atoms with Crippen LogP contribution >= 0.6 is 0 Å². The highest BCUT2D eigenvalue weighted by molar-refractivity contribution is 5.45. The van der Waals surface area contributed by atoms with E-state index < -0.39 is 0 Å². The molecule has 0 unspecified atom stereocenters. The summed E-state index contributed by atoms with van der Waals surface area (Å²) in [6.45, 7) is 11.0. The molecule has 2 rings (SSSR count). The van der Waals surface area contributed by atoms with Gasteiger partial charge in [-0.05, 0) is 38.8 Å². The zero-order valence-electron chi connectivity index (χ0n) is 13.3. The van der Waals surface area contributed by atoms with Crippen molar-refractivity contribution in [3.05, 3.63) is 47.2 Å². The standard InChI is InChI=1S/C17H24N4/c1-5-21(6-2)16-11-14(4)19-17(20-16)18-12-15-10-8-7-9-13(15)3/h7-11H,5-6,12H2,1-4H3,(H,18,19,20). The maximum Gasteiger partial charge on any atom is 0.225 e. The van der Waals surface area contributed by atoms with Gasteiger partial charge in [-0.1, -0.05) is 24.3 Å². The summed E-state index contributed by atoms with van der Waals surface area (Å²) < 4.78 is 0. The molecule has 0 aliphatic rings. The quantitative estimate of drug-likeness (QED) is 0.880. The summed E-state index contributed by atoms with van der Waals surface area (Å²) in [5.74, 6) is 1.68. The monoisotopic (exact) mass is 284 g/mol. The highest BCUT2D eigenvalue weighted by Crippen LogP contribution is 2.15. The van der Waals surface area contributed by atoms with E-state index in [1.54, 1.807) is 0 Å². The molecule has 1 aromatic heterocycles. The predicted molar refractivity (Wildman–Crippen MR) is 88.8 cm³/mol. The molecule has 1 aromatic carbocycles. The van der Waals surface area contributed by atoms with Crippen LogP contribution in [-0.4, -0.2) is 23.1 Å². The second-order valence-electron chi connectivity index (χ2n) is 5.14. The Kier molecular flexibility index (Phi) is 5.14. The minimum atomic E-state index is 0.695. The van der Waals surface area contributed by atoms with Crippen molar-refractivity contribution in [1.82, 2.24) is 9.97 Å². The van der Waals surface area contributed by atoms with Gasteiger partial charge in [0, 0.05) is 31.4 Å². The van der Waals surface area contributed by atoms with Crippen LogP contribution in [0.2, 0.25) is 0 Å². The largest absolute Gasteiger partial charge is 0.357 e. The van der Waals surface area contributed by atoms with Crippen molar-refractivity contribution in [3.8, 4) is 0 Å². The van der Waals surface area contributed by atoms with E-state index in [2.05, 4.69) is 65.2 Å². The average Bonchev–Trinajstić information content (AvgIpc) is 2.47. The van der Waals surface area contributed by atoms with Crippen molar-refractivity contribution >= 4 is 11.8 Å². The summed E-state index contributed by atoms with van der Waals surface area (Å²) >= 11 is 0.